The number of ether oxygens (including phenoxy) is 1. The molecule has 2 aliphatic rings. The lowest BCUT2D eigenvalue weighted by atomic mass is 9.91. The highest BCUT2D eigenvalue weighted by Gasteiger charge is 2.47. The summed E-state index contributed by atoms with van der Waals surface area (Å²) in [6.45, 7) is 2.21. The molecule has 0 bridgehead atoms. The van der Waals surface area contributed by atoms with Crippen molar-refractivity contribution < 1.29 is 22.7 Å². The summed E-state index contributed by atoms with van der Waals surface area (Å²) in [4.78, 5) is 23.2. The van der Waals surface area contributed by atoms with Crippen molar-refractivity contribution in [1.29, 1.82) is 5.26 Å². The molecule has 2 fully saturated rings. The van der Waals surface area contributed by atoms with Crippen molar-refractivity contribution in [3.8, 4) is 11.9 Å². The maximum Gasteiger partial charge on any atom is 0.433 e. The van der Waals surface area contributed by atoms with Crippen LogP contribution >= 0.6 is 0 Å². The van der Waals surface area contributed by atoms with Crippen molar-refractivity contribution in [3.63, 3.8) is 0 Å². The van der Waals surface area contributed by atoms with Crippen molar-refractivity contribution in [2.45, 2.75) is 56.3 Å². The molecule has 5 rings (SSSR count). The quantitative estimate of drug-likeness (QED) is 0.567. The number of rotatable bonds is 4. The Hall–Kier alpha value is -3.61. The first-order chi connectivity index (χ1) is 16.2. The lowest BCUT2D eigenvalue weighted by molar-refractivity contribution is -0.141. The minimum absolute atomic E-state index is 0.00762. The number of likely N-dealkylation sites (tertiary alicyclic amines) is 1. The average molecular weight is 469 g/mol. The Kier molecular flexibility index (Phi) is 5.23. The Morgan fingerprint density at radius 2 is 2.00 bits per heavy atom. The molecule has 176 valence electrons. The van der Waals surface area contributed by atoms with Crippen LogP contribution in [0.3, 0.4) is 0 Å². The molecule has 0 spiro atoms. The zero-order chi connectivity index (χ0) is 24.1. The predicted molar refractivity (Wildman–Crippen MR) is 115 cm³/mol. The maximum atomic E-state index is 13.5. The van der Waals surface area contributed by atoms with Crippen molar-refractivity contribution in [1.82, 2.24) is 19.3 Å². The molecule has 0 radical (unpaired) electrons. The van der Waals surface area contributed by atoms with Gasteiger partial charge in [0.05, 0.1) is 24.2 Å². The summed E-state index contributed by atoms with van der Waals surface area (Å²) in [5, 5.41) is 9.64. The van der Waals surface area contributed by atoms with Gasteiger partial charge >= 0.3 is 6.18 Å². The fourth-order valence-electron chi connectivity index (χ4n) is 4.61. The number of piperidine rings is 1. The molecule has 3 heterocycles. The summed E-state index contributed by atoms with van der Waals surface area (Å²) >= 11 is 0. The van der Waals surface area contributed by atoms with Gasteiger partial charge in [0.2, 0.25) is 5.65 Å². The van der Waals surface area contributed by atoms with E-state index in [0.717, 1.165) is 29.0 Å². The number of nitriles is 1. The molecular weight excluding hydrogens is 447 g/mol. The van der Waals surface area contributed by atoms with Crippen molar-refractivity contribution in [2.24, 2.45) is 0 Å². The second kappa shape index (κ2) is 8.01. The highest BCUT2D eigenvalue weighted by molar-refractivity contribution is 5.96. The third-order valence-electron chi connectivity index (χ3n) is 6.70. The van der Waals surface area contributed by atoms with Crippen LogP contribution in [-0.4, -0.2) is 43.9 Å². The third kappa shape index (κ3) is 3.75. The van der Waals surface area contributed by atoms with E-state index >= 15 is 0 Å². The van der Waals surface area contributed by atoms with Gasteiger partial charge in [-0.2, -0.15) is 18.4 Å². The highest BCUT2D eigenvalue weighted by atomic mass is 19.4. The highest BCUT2D eigenvalue weighted by Crippen LogP contribution is 2.49. The van der Waals surface area contributed by atoms with E-state index in [9.17, 15) is 23.2 Å². The Morgan fingerprint density at radius 1 is 1.24 bits per heavy atom. The van der Waals surface area contributed by atoms with Crippen LogP contribution in [0.1, 0.15) is 54.2 Å². The Bertz CT molecular complexity index is 1290. The molecule has 1 aliphatic carbocycles. The van der Waals surface area contributed by atoms with Gasteiger partial charge < -0.3 is 9.64 Å². The number of hydrogen-bond acceptors (Lipinski definition) is 5. The number of alkyl halides is 3. The lowest BCUT2D eigenvalue weighted by Gasteiger charge is -2.38. The molecule has 1 aliphatic heterocycles. The zero-order valence-electron chi connectivity index (χ0n) is 18.4. The molecular formula is C24H22F3N5O2. The molecule has 1 amide bonds. The monoisotopic (exact) mass is 469 g/mol. The van der Waals surface area contributed by atoms with E-state index in [0.29, 0.717) is 18.4 Å². The van der Waals surface area contributed by atoms with Gasteiger partial charge in [-0.05, 0) is 44.2 Å². The van der Waals surface area contributed by atoms with Gasteiger partial charge in [-0.15, -0.1) is 0 Å². The van der Waals surface area contributed by atoms with Crippen LogP contribution in [0.15, 0.2) is 42.9 Å². The van der Waals surface area contributed by atoms with Gasteiger partial charge in [0.15, 0.2) is 0 Å². The summed E-state index contributed by atoms with van der Waals surface area (Å²) in [7, 11) is 0. The number of benzene rings is 1. The molecule has 1 saturated heterocycles. The normalized spacial score (nSPS) is 21.8. The first-order valence-corrected chi connectivity index (χ1v) is 11.1. The van der Waals surface area contributed by atoms with Crippen LogP contribution < -0.4 is 4.74 Å². The number of nitrogens with zero attached hydrogens (tertiary/aromatic N) is 5. The molecule has 0 N–H and O–H groups in total. The average Bonchev–Trinajstić information content (AvgIpc) is 3.49. The van der Waals surface area contributed by atoms with Gasteiger partial charge in [0.25, 0.3) is 11.8 Å². The first kappa shape index (κ1) is 22.2. The maximum absolute atomic E-state index is 13.5. The van der Waals surface area contributed by atoms with Gasteiger partial charge in [0.1, 0.15) is 11.8 Å². The van der Waals surface area contributed by atoms with E-state index < -0.39 is 23.4 Å². The Morgan fingerprint density at radius 3 is 2.71 bits per heavy atom. The molecule has 3 aromatic rings. The molecule has 0 unspecified atom stereocenters. The lowest BCUT2D eigenvalue weighted by Crippen LogP contribution is -2.49. The number of imidazole rings is 1. The van der Waals surface area contributed by atoms with E-state index in [2.05, 4.69) is 16.0 Å². The molecule has 10 heteroatoms. The van der Waals surface area contributed by atoms with Crippen molar-refractivity contribution in [3.05, 3.63) is 59.7 Å². The van der Waals surface area contributed by atoms with E-state index in [1.165, 1.54) is 12.4 Å². The van der Waals surface area contributed by atoms with E-state index in [1.807, 2.05) is 19.1 Å². The van der Waals surface area contributed by atoms with Crippen molar-refractivity contribution in [2.75, 3.05) is 6.54 Å². The van der Waals surface area contributed by atoms with Crippen LogP contribution in [0.25, 0.3) is 5.65 Å². The standard InChI is InChI=1S/C24H22F3N5O2/c1-15-6-7-16(34-21-20-30-12-19(24(25,26)27)31(20)11-10-29-21)13-32(15)22(33)17-4-2-3-5-18(17)23(14-28)8-9-23/h2-5,10-12,15-16H,6-9,13H2,1H3/t15-,16-/m1/s1. The molecule has 34 heavy (non-hydrogen) atoms. The number of fused-ring (bicyclic) bond motifs is 1. The number of carbonyl (C=O) groups excluding carboxylic acids is 1. The summed E-state index contributed by atoms with van der Waals surface area (Å²) in [6.07, 6.45) is 0.904. The SMILES string of the molecule is C[C@@H]1CC[C@@H](Oc2nccn3c(C(F)(F)F)cnc23)CN1C(=O)c1ccccc1C1(C#N)CC1. The fraction of sp³-hybridized carbons (Fsp3) is 0.417. The number of halogens is 3. The second-order valence-corrected chi connectivity index (χ2v) is 8.93. The van der Waals surface area contributed by atoms with Crippen LogP contribution in [-0.2, 0) is 11.6 Å². The van der Waals surface area contributed by atoms with E-state index in [4.69, 9.17) is 4.74 Å². The minimum atomic E-state index is -4.56. The molecule has 7 nitrogen and oxygen atoms in total. The number of carbonyl (C=O) groups is 1. The third-order valence-corrected chi connectivity index (χ3v) is 6.70. The van der Waals surface area contributed by atoms with E-state index in [-0.39, 0.29) is 30.0 Å². The summed E-state index contributed by atoms with van der Waals surface area (Å²) in [5.74, 6) is -0.184. The summed E-state index contributed by atoms with van der Waals surface area (Å²) < 4.78 is 46.6. The minimum Gasteiger partial charge on any atom is -0.470 e. The van der Waals surface area contributed by atoms with E-state index in [1.54, 1.807) is 17.0 Å². The molecule has 1 saturated carbocycles. The van der Waals surface area contributed by atoms with Gasteiger partial charge in [0, 0.05) is 24.0 Å². The molecule has 2 atom stereocenters. The Balaban J connectivity index is 1.39. The molecule has 1 aromatic carbocycles. The largest absolute Gasteiger partial charge is 0.470 e. The van der Waals surface area contributed by atoms with Gasteiger partial charge in [-0.1, -0.05) is 18.2 Å². The fourth-order valence-corrected chi connectivity index (χ4v) is 4.61. The summed E-state index contributed by atoms with van der Waals surface area (Å²) in [5.41, 5.74) is -0.274. The van der Waals surface area contributed by atoms with Crippen LogP contribution in [0.2, 0.25) is 0 Å². The van der Waals surface area contributed by atoms with Crippen molar-refractivity contribution >= 4 is 11.6 Å². The number of hydrogen-bond donors (Lipinski definition) is 0. The Labute approximate surface area is 193 Å². The van der Waals surface area contributed by atoms with Crippen LogP contribution in [0.4, 0.5) is 13.2 Å². The molecule has 2 aromatic heterocycles. The summed E-state index contributed by atoms with van der Waals surface area (Å²) in [6, 6.07) is 9.51. The smallest absolute Gasteiger partial charge is 0.433 e. The predicted octanol–water partition coefficient (Wildman–Crippen LogP) is 4.38. The topological polar surface area (TPSA) is 83.5 Å². The number of amides is 1. The zero-order valence-corrected chi connectivity index (χ0v) is 18.4. The van der Waals surface area contributed by atoms with Gasteiger partial charge in [-0.3, -0.25) is 9.20 Å². The van der Waals surface area contributed by atoms with Gasteiger partial charge in [-0.25, -0.2) is 9.97 Å². The second-order valence-electron chi connectivity index (χ2n) is 8.93. The number of aromatic nitrogens is 3. The van der Waals surface area contributed by atoms with Crippen LogP contribution in [0, 0.1) is 11.3 Å². The van der Waals surface area contributed by atoms with Crippen LogP contribution in [0.5, 0.6) is 5.88 Å². The first-order valence-electron chi connectivity index (χ1n) is 11.1.